The molecule has 2 unspecified atom stereocenters. The standard InChI is InChI=1S/C13H25NO3/c1-9(2)17-13(16)12(15)11(14)8-10-6-4-3-5-7-10/h9-12,15H,3-8,14H2,1-2H3. The molecule has 0 aromatic heterocycles. The number of aliphatic hydroxyl groups is 1. The fraction of sp³-hybridized carbons (Fsp3) is 0.923. The number of nitrogens with two attached hydrogens (primary N) is 1. The molecule has 2 atom stereocenters. The van der Waals surface area contributed by atoms with Gasteiger partial charge in [-0.05, 0) is 26.2 Å². The first-order valence-electron chi connectivity index (χ1n) is 6.65. The van der Waals surface area contributed by atoms with Crippen LogP contribution in [0.25, 0.3) is 0 Å². The molecule has 3 N–H and O–H groups in total. The first kappa shape index (κ1) is 14.5. The predicted octanol–water partition coefficient (Wildman–Crippen LogP) is 1.60. The van der Waals surface area contributed by atoms with Gasteiger partial charge in [-0.1, -0.05) is 32.1 Å². The normalized spacial score (nSPS) is 21.2. The van der Waals surface area contributed by atoms with Gasteiger partial charge in [-0.15, -0.1) is 0 Å². The van der Waals surface area contributed by atoms with Crippen LogP contribution in [-0.2, 0) is 9.53 Å². The molecular weight excluding hydrogens is 218 g/mol. The predicted molar refractivity (Wildman–Crippen MR) is 66.4 cm³/mol. The lowest BCUT2D eigenvalue weighted by Crippen LogP contribution is -2.43. The highest BCUT2D eigenvalue weighted by atomic mass is 16.6. The Balaban J connectivity index is 2.34. The molecule has 0 aliphatic heterocycles. The molecule has 0 radical (unpaired) electrons. The van der Waals surface area contributed by atoms with Gasteiger partial charge in [0.15, 0.2) is 6.10 Å². The van der Waals surface area contributed by atoms with Crippen molar-refractivity contribution in [3.63, 3.8) is 0 Å². The Hall–Kier alpha value is -0.610. The molecule has 0 bridgehead atoms. The minimum Gasteiger partial charge on any atom is -0.461 e. The Morgan fingerprint density at radius 1 is 1.35 bits per heavy atom. The van der Waals surface area contributed by atoms with Crippen molar-refractivity contribution in [1.29, 1.82) is 0 Å². The van der Waals surface area contributed by atoms with E-state index in [1.54, 1.807) is 13.8 Å². The van der Waals surface area contributed by atoms with Crippen molar-refractivity contribution < 1.29 is 14.6 Å². The summed E-state index contributed by atoms with van der Waals surface area (Å²) in [5, 5.41) is 9.77. The largest absolute Gasteiger partial charge is 0.461 e. The van der Waals surface area contributed by atoms with Gasteiger partial charge in [0.2, 0.25) is 0 Å². The van der Waals surface area contributed by atoms with Crippen molar-refractivity contribution in [3.05, 3.63) is 0 Å². The number of hydrogen-bond donors (Lipinski definition) is 2. The average molecular weight is 243 g/mol. The maximum Gasteiger partial charge on any atom is 0.336 e. The lowest BCUT2D eigenvalue weighted by molar-refractivity contribution is -0.158. The number of carbonyl (C=O) groups excluding carboxylic acids is 1. The first-order chi connectivity index (χ1) is 8.00. The molecule has 17 heavy (non-hydrogen) atoms. The number of ether oxygens (including phenoxy) is 1. The molecule has 0 aromatic carbocycles. The second-order valence-corrected chi connectivity index (χ2v) is 5.33. The number of esters is 1. The van der Waals surface area contributed by atoms with Crippen molar-refractivity contribution in [2.24, 2.45) is 11.7 Å². The minimum atomic E-state index is -1.18. The highest BCUT2D eigenvalue weighted by Gasteiger charge is 2.28. The quantitative estimate of drug-likeness (QED) is 0.719. The van der Waals surface area contributed by atoms with Crippen molar-refractivity contribution in [2.75, 3.05) is 0 Å². The topological polar surface area (TPSA) is 72.5 Å². The number of hydrogen-bond acceptors (Lipinski definition) is 4. The van der Waals surface area contributed by atoms with Crippen LogP contribution >= 0.6 is 0 Å². The van der Waals surface area contributed by atoms with Crippen molar-refractivity contribution >= 4 is 5.97 Å². The van der Waals surface area contributed by atoms with E-state index in [1.807, 2.05) is 0 Å². The zero-order chi connectivity index (χ0) is 12.8. The third-order valence-corrected chi connectivity index (χ3v) is 3.33. The van der Waals surface area contributed by atoms with Crippen LogP contribution in [0.15, 0.2) is 0 Å². The fourth-order valence-electron chi connectivity index (χ4n) is 2.41. The summed E-state index contributed by atoms with van der Waals surface area (Å²) in [7, 11) is 0. The summed E-state index contributed by atoms with van der Waals surface area (Å²) in [6, 6.07) is -0.496. The summed E-state index contributed by atoms with van der Waals surface area (Å²) >= 11 is 0. The summed E-state index contributed by atoms with van der Waals surface area (Å²) in [6.07, 6.45) is 5.43. The van der Waals surface area contributed by atoms with Gasteiger partial charge in [-0.25, -0.2) is 4.79 Å². The molecule has 0 saturated heterocycles. The van der Waals surface area contributed by atoms with Crippen molar-refractivity contribution in [1.82, 2.24) is 0 Å². The zero-order valence-electron chi connectivity index (χ0n) is 10.9. The molecule has 1 rings (SSSR count). The molecule has 0 aromatic rings. The van der Waals surface area contributed by atoms with E-state index >= 15 is 0 Å². The third-order valence-electron chi connectivity index (χ3n) is 3.33. The smallest absolute Gasteiger partial charge is 0.336 e. The SMILES string of the molecule is CC(C)OC(=O)C(O)C(N)CC1CCCCC1. The van der Waals surface area contributed by atoms with Gasteiger partial charge in [0.1, 0.15) is 0 Å². The first-order valence-corrected chi connectivity index (χ1v) is 6.65. The van der Waals surface area contributed by atoms with Gasteiger partial charge in [0.05, 0.1) is 6.10 Å². The lowest BCUT2D eigenvalue weighted by atomic mass is 9.84. The summed E-state index contributed by atoms with van der Waals surface area (Å²) in [4.78, 5) is 11.5. The van der Waals surface area contributed by atoms with E-state index in [0.29, 0.717) is 12.3 Å². The van der Waals surface area contributed by atoms with Gasteiger partial charge < -0.3 is 15.6 Å². The van der Waals surface area contributed by atoms with Crippen molar-refractivity contribution in [2.45, 2.75) is 70.6 Å². The van der Waals surface area contributed by atoms with Crippen LogP contribution in [0.2, 0.25) is 0 Å². The van der Waals surface area contributed by atoms with Gasteiger partial charge in [-0.3, -0.25) is 0 Å². The average Bonchev–Trinajstić information content (AvgIpc) is 2.28. The highest BCUT2D eigenvalue weighted by Crippen LogP contribution is 2.27. The molecular formula is C13H25NO3. The van der Waals surface area contributed by atoms with Crippen molar-refractivity contribution in [3.8, 4) is 0 Å². The summed E-state index contributed by atoms with van der Waals surface area (Å²) < 4.78 is 4.95. The molecule has 0 spiro atoms. The van der Waals surface area contributed by atoms with Crippen LogP contribution < -0.4 is 5.73 Å². The Morgan fingerprint density at radius 2 is 1.94 bits per heavy atom. The molecule has 4 heteroatoms. The monoisotopic (exact) mass is 243 g/mol. The van der Waals surface area contributed by atoms with E-state index in [1.165, 1.54) is 32.1 Å². The van der Waals surface area contributed by atoms with Crippen LogP contribution in [0.5, 0.6) is 0 Å². The van der Waals surface area contributed by atoms with Gasteiger partial charge in [-0.2, -0.15) is 0 Å². The molecule has 100 valence electrons. The van der Waals surface area contributed by atoms with Gasteiger partial charge in [0.25, 0.3) is 0 Å². The van der Waals surface area contributed by atoms with E-state index in [-0.39, 0.29) is 6.10 Å². The van der Waals surface area contributed by atoms with Gasteiger partial charge >= 0.3 is 5.97 Å². The third kappa shape index (κ3) is 5.04. The Kier molecular flexibility index (Phi) is 5.92. The Bertz CT molecular complexity index is 237. The molecule has 4 nitrogen and oxygen atoms in total. The van der Waals surface area contributed by atoms with Crippen LogP contribution in [0.4, 0.5) is 0 Å². The number of carbonyl (C=O) groups is 1. The molecule has 0 amide bonds. The van der Waals surface area contributed by atoms with Crippen LogP contribution in [0, 0.1) is 5.92 Å². The van der Waals surface area contributed by atoms with E-state index in [0.717, 1.165) is 0 Å². The highest BCUT2D eigenvalue weighted by molar-refractivity contribution is 5.75. The maximum absolute atomic E-state index is 11.5. The second kappa shape index (κ2) is 6.97. The van der Waals surface area contributed by atoms with E-state index < -0.39 is 18.1 Å². The Morgan fingerprint density at radius 3 is 2.47 bits per heavy atom. The molecule has 1 aliphatic rings. The van der Waals surface area contributed by atoms with Crippen LogP contribution in [0.3, 0.4) is 0 Å². The molecule has 0 heterocycles. The molecule has 1 fully saturated rings. The minimum absolute atomic E-state index is 0.209. The van der Waals surface area contributed by atoms with Gasteiger partial charge in [0, 0.05) is 6.04 Å². The summed E-state index contributed by atoms with van der Waals surface area (Å²) in [5.74, 6) is -0.0384. The van der Waals surface area contributed by atoms with Crippen LogP contribution in [0.1, 0.15) is 52.4 Å². The van der Waals surface area contributed by atoms with E-state index in [2.05, 4.69) is 0 Å². The molecule has 1 aliphatic carbocycles. The van der Waals surface area contributed by atoms with E-state index in [4.69, 9.17) is 10.5 Å². The maximum atomic E-state index is 11.5. The number of rotatable bonds is 5. The number of aliphatic hydroxyl groups excluding tert-OH is 1. The van der Waals surface area contributed by atoms with E-state index in [9.17, 15) is 9.90 Å². The molecule has 1 saturated carbocycles. The Labute approximate surface area is 104 Å². The summed E-state index contributed by atoms with van der Waals surface area (Å²) in [5.41, 5.74) is 5.87. The lowest BCUT2D eigenvalue weighted by Gasteiger charge is -2.26. The van der Waals surface area contributed by atoms with Crippen LogP contribution in [-0.4, -0.2) is 29.3 Å². The second-order valence-electron chi connectivity index (χ2n) is 5.33. The fourth-order valence-corrected chi connectivity index (χ4v) is 2.41. The summed E-state index contributed by atoms with van der Waals surface area (Å²) in [6.45, 7) is 3.52. The zero-order valence-corrected chi connectivity index (χ0v) is 10.9.